The molecule has 0 bridgehead atoms. The number of urea groups is 1. The fourth-order valence-corrected chi connectivity index (χ4v) is 2.72. The van der Waals surface area contributed by atoms with E-state index in [-0.39, 0.29) is 18.7 Å². The van der Waals surface area contributed by atoms with Crippen molar-refractivity contribution in [2.75, 3.05) is 13.1 Å². The molecular formula is C17H22N2O3S. The lowest BCUT2D eigenvalue weighted by Crippen LogP contribution is -2.41. The van der Waals surface area contributed by atoms with Crippen LogP contribution >= 0.6 is 11.3 Å². The summed E-state index contributed by atoms with van der Waals surface area (Å²) in [4.78, 5) is 11.8. The van der Waals surface area contributed by atoms with Crippen LogP contribution in [0.5, 0.6) is 5.75 Å². The number of aliphatic hydroxyl groups is 1. The first-order valence-electron chi connectivity index (χ1n) is 7.50. The van der Waals surface area contributed by atoms with Crippen LogP contribution in [0.2, 0.25) is 0 Å². The third-order valence-corrected chi connectivity index (χ3v) is 4.06. The smallest absolute Gasteiger partial charge is 0.315 e. The SMILES string of the molecule is Cc1ccccc1OC(C)CNC(=O)NCC(O)c1ccsc1. The summed E-state index contributed by atoms with van der Waals surface area (Å²) in [5.41, 5.74) is 1.87. The molecular weight excluding hydrogens is 312 g/mol. The van der Waals surface area contributed by atoms with Crippen LogP contribution in [-0.2, 0) is 0 Å². The molecule has 3 N–H and O–H groups in total. The number of amides is 2. The molecule has 0 fully saturated rings. The van der Waals surface area contributed by atoms with Crippen LogP contribution in [-0.4, -0.2) is 30.3 Å². The number of hydrogen-bond donors (Lipinski definition) is 3. The van der Waals surface area contributed by atoms with Crippen molar-refractivity contribution in [1.82, 2.24) is 10.6 Å². The molecule has 0 aliphatic rings. The van der Waals surface area contributed by atoms with E-state index in [4.69, 9.17) is 4.74 Å². The number of ether oxygens (including phenoxy) is 1. The van der Waals surface area contributed by atoms with Crippen molar-refractivity contribution in [2.45, 2.75) is 26.1 Å². The number of carbonyl (C=O) groups excluding carboxylic acids is 1. The van der Waals surface area contributed by atoms with Gasteiger partial charge in [-0.1, -0.05) is 18.2 Å². The molecule has 1 aromatic heterocycles. The Morgan fingerprint density at radius 2 is 2.00 bits per heavy atom. The van der Waals surface area contributed by atoms with Gasteiger partial charge in [-0.3, -0.25) is 0 Å². The zero-order valence-electron chi connectivity index (χ0n) is 13.3. The van der Waals surface area contributed by atoms with Gasteiger partial charge in [-0.25, -0.2) is 4.79 Å². The van der Waals surface area contributed by atoms with Gasteiger partial charge in [0.05, 0.1) is 12.6 Å². The number of benzene rings is 1. The summed E-state index contributed by atoms with van der Waals surface area (Å²) in [6.45, 7) is 4.44. The molecule has 0 saturated heterocycles. The van der Waals surface area contributed by atoms with Gasteiger partial charge in [0, 0.05) is 6.54 Å². The van der Waals surface area contributed by atoms with E-state index in [0.29, 0.717) is 6.54 Å². The maximum atomic E-state index is 11.8. The predicted octanol–water partition coefficient (Wildman–Crippen LogP) is 2.86. The van der Waals surface area contributed by atoms with Crippen molar-refractivity contribution in [3.63, 3.8) is 0 Å². The molecule has 0 aliphatic carbocycles. The quantitative estimate of drug-likeness (QED) is 0.729. The first-order valence-corrected chi connectivity index (χ1v) is 8.44. The largest absolute Gasteiger partial charge is 0.489 e. The second-order valence-electron chi connectivity index (χ2n) is 5.36. The van der Waals surface area contributed by atoms with Crippen LogP contribution in [0.1, 0.15) is 24.2 Å². The molecule has 2 unspecified atom stereocenters. The zero-order valence-corrected chi connectivity index (χ0v) is 14.1. The number of hydrogen-bond acceptors (Lipinski definition) is 4. The maximum absolute atomic E-state index is 11.8. The molecule has 0 aliphatic heterocycles. The van der Waals surface area contributed by atoms with Crippen LogP contribution in [0, 0.1) is 6.92 Å². The standard InChI is InChI=1S/C17H22N2O3S/c1-12-5-3-4-6-16(12)22-13(2)9-18-17(21)19-10-15(20)14-7-8-23-11-14/h3-8,11,13,15,20H,9-10H2,1-2H3,(H2,18,19,21). The Labute approximate surface area is 140 Å². The van der Waals surface area contributed by atoms with Crippen molar-refractivity contribution >= 4 is 17.4 Å². The van der Waals surface area contributed by atoms with Gasteiger partial charge in [-0.2, -0.15) is 11.3 Å². The highest BCUT2D eigenvalue weighted by molar-refractivity contribution is 7.07. The summed E-state index contributed by atoms with van der Waals surface area (Å²) in [6.07, 6.45) is -0.837. The average Bonchev–Trinajstić information content (AvgIpc) is 3.07. The van der Waals surface area contributed by atoms with E-state index in [2.05, 4.69) is 10.6 Å². The number of nitrogens with one attached hydrogen (secondary N) is 2. The average molecular weight is 334 g/mol. The first kappa shape index (κ1) is 17.3. The lowest BCUT2D eigenvalue weighted by atomic mass is 10.2. The number of thiophene rings is 1. The molecule has 124 valence electrons. The number of aryl methyl sites for hydroxylation is 1. The van der Waals surface area contributed by atoms with Crippen molar-refractivity contribution in [3.8, 4) is 5.75 Å². The normalized spacial score (nSPS) is 13.2. The monoisotopic (exact) mass is 334 g/mol. The second kappa shape index (κ2) is 8.55. The van der Waals surface area contributed by atoms with Gasteiger partial charge in [-0.05, 0) is 47.9 Å². The predicted molar refractivity (Wildman–Crippen MR) is 91.9 cm³/mol. The van der Waals surface area contributed by atoms with E-state index < -0.39 is 6.10 Å². The molecule has 0 spiro atoms. The van der Waals surface area contributed by atoms with Gasteiger partial charge >= 0.3 is 6.03 Å². The molecule has 5 nitrogen and oxygen atoms in total. The van der Waals surface area contributed by atoms with Gasteiger partial charge in [0.15, 0.2) is 0 Å². The molecule has 2 rings (SSSR count). The number of rotatable bonds is 7. The van der Waals surface area contributed by atoms with Crippen LogP contribution in [0.4, 0.5) is 4.79 Å². The molecule has 1 aromatic carbocycles. The maximum Gasteiger partial charge on any atom is 0.315 e. The number of aliphatic hydroxyl groups excluding tert-OH is 1. The minimum Gasteiger partial charge on any atom is -0.489 e. The van der Waals surface area contributed by atoms with Gasteiger partial charge in [0.25, 0.3) is 0 Å². The van der Waals surface area contributed by atoms with Gasteiger partial charge < -0.3 is 20.5 Å². The Bertz CT molecular complexity index is 616. The summed E-state index contributed by atoms with van der Waals surface area (Å²) >= 11 is 1.51. The molecule has 2 aromatic rings. The number of para-hydroxylation sites is 1. The molecule has 6 heteroatoms. The molecule has 2 atom stereocenters. The second-order valence-corrected chi connectivity index (χ2v) is 6.14. The Hall–Kier alpha value is -2.05. The molecule has 0 radical (unpaired) electrons. The van der Waals surface area contributed by atoms with E-state index >= 15 is 0 Å². The van der Waals surface area contributed by atoms with Crippen LogP contribution < -0.4 is 15.4 Å². The van der Waals surface area contributed by atoms with Crippen molar-refractivity contribution in [2.24, 2.45) is 0 Å². The van der Waals surface area contributed by atoms with Crippen molar-refractivity contribution < 1.29 is 14.6 Å². The lowest BCUT2D eigenvalue weighted by molar-refractivity contribution is 0.171. The van der Waals surface area contributed by atoms with E-state index in [1.54, 1.807) is 0 Å². The summed E-state index contributed by atoms with van der Waals surface area (Å²) in [5.74, 6) is 0.815. The van der Waals surface area contributed by atoms with Gasteiger partial charge in [-0.15, -0.1) is 0 Å². The fourth-order valence-electron chi connectivity index (χ4n) is 2.02. The van der Waals surface area contributed by atoms with Crippen LogP contribution in [0.3, 0.4) is 0 Å². The third-order valence-electron chi connectivity index (χ3n) is 3.36. The van der Waals surface area contributed by atoms with Crippen LogP contribution in [0.25, 0.3) is 0 Å². The van der Waals surface area contributed by atoms with Crippen molar-refractivity contribution in [1.29, 1.82) is 0 Å². The van der Waals surface area contributed by atoms with E-state index in [9.17, 15) is 9.90 Å². The van der Waals surface area contributed by atoms with Gasteiger partial charge in [0.2, 0.25) is 0 Å². The minimum atomic E-state index is -0.687. The van der Waals surface area contributed by atoms with Gasteiger partial charge in [0.1, 0.15) is 11.9 Å². The Morgan fingerprint density at radius 3 is 2.70 bits per heavy atom. The lowest BCUT2D eigenvalue weighted by Gasteiger charge is -2.17. The minimum absolute atomic E-state index is 0.149. The third kappa shape index (κ3) is 5.58. The Balaban J connectivity index is 1.68. The Morgan fingerprint density at radius 1 is 1.26 bits per heavy atom. The highest BCUT2D eigenvalue weighted by atomic mass is 32.1. The molecule has 0 saturated carbocycles. The highest BCUT2D eigenvalue weighted by Crippen LogP contribution is 2.17. The van der Waals surface area contributed by atoms with Crippen LogP contribution in [0.15, 0.2) is 41.1 Å². The highest BCUT2D eigenvalue weighted by Gasteiger charge is 2.11. The summed E-state index contributed by atoms with van der Waals surface area (Å²) in [5, 5.41) is 19.0. The van der Waals surface area contributed by atoms with E-state index in [0.717, 1.165) is 16.9 Å². The topological polar surface area (TPSA) is 70.6 Å². The molecule has 1 heterocycles. The summed E-state index contributed by atoms with van der Waals surface area (Å²) in [7, 11) is 0. The fraction of sp³-hybridized carbons (Fsp3) is 0.353. The molecule has 23 heavy (non-hydrogen) atoms. The Kier molecular flexibility index (Phi) is 6.43. The summed E-state index contributed by atoms with van der Waals surface area (Å²) in [6, 6.07) is 9.28. The summed E-state index contributed by atoms with van der Waals surface area (Å²) < 4.78 is 5.79. The first-order chi connectivity index (χ1) is 11.1. The van der Waals surface area contributed by atoms with E-state index in [1.807, 2.05) is 54.9 Å². The zero-order chi connectivity index (χ0) is 16.7. The molecule has 2 amide bonds. The van der Waals surface area contributed by atoms with Crippen molar-refractivity contribution in [3.05, 3.63) is 52.2 Å². The van der Waals surface area contributed by atoms with E-state index in [1.165, 1.54) is 11.3 Å². The number of carbonyl (C=O) groups is 1.